The molecule has 1 heterocycles. The third-order valence-electron chi connectivity index (χ3n) is 3.50. The van der Waals surface area contributed by atoms with Gasteiger partial charge in [0.05, 0.1) is 23.1 Å². The van der Waals surface area contributed by atoms with E-state index in [2.05, 4.69) is 10.4 Å². The van der Waals surface area contributed by atoms with Crippen molar-refractivity contribution < 1.29 is 4.79 Å². The van der Waals surface area contributed by atoms with Crippen LogP contribution in [0.1, 0.15) is 32.3 Å². The molecular weight excluding hydrogens is 260 g/mol. The van der Waals surface area contributed by atoms with E-state index in [1.165, 1.54) is 0 Å². The maximum atomic E-state index is 12.3. The summed E-state index contributed by atoms with van der Waals surface area (Å²) in [6.45, 7) is 7.00. The maximum absolute atomic E-state index is 12.3. The van der Waals surface area contributed by atoms with Crippen LogP contribution in [0.15, 0.2) is 12.4 Å². The van der Waals surface area contributed by atoms with E-state index in [9.17, 15) is 4.79 Å². The van der Waals surface area contributed by atoms with Crippen molar-refractivity contribution in [1.29, 1.82) is 0 Å². The first kappa shape index (κ1) is 15.6. The van der Waals surface area contributed by atoms with Gasteiger partial charge >= 0.3 is 0 Å². The van der Waals surface area contributed by atoms with Crippen LogP contribution in [0, 0.1) is 12.3 Å². The highest BCUT2D eigenvalue weighted by atomic mass is 32.1. The largest absolute Gasteiger partial charge is 0.392 e. The summed E-state index contributed by atoms with van der Waals surface area (Å²) in [4.78, 5) is 12.5. The first-order chi connectivity index (χ1) is 8.96. The molecular formula is C13H22N4OS. The molecule has 1 amide bonds. The van der Waals surface area contributed by atoms with Gasteiger partial charge in [-0.3, -0.25) is 9.48 Å². The lowest BCUT2D eigenvalue weighted by Crippen LogP contribution is -2.48. The number of carbonyl (C=O) groups excluding carboxylic acids is 1. The fourth-order valence-electron chi connectivity index (χ4n) is 2.07. The summed E-state index contributed by atoms with van der Waals surface area (Å²) in [6, 6.07) is 0. The Morgan fingerprint density at radius 2 is 2.16 bits per heavy atom. The Labute approximate surface area is 119 Å². The summed E-state index contributed by atoms with van der Waals surface area (Å²) in [5.41, 5.74) is 6.11. The van der Waals surface area contributed by atoms with Crippen molar-refractivity contribution in [3.05, 3.63) is 18.0 Å². The van der Waals surface area contributed by atoms with Crippen LogP contribution < -0.4 is 11.1 Å². The minimum atomic E-state index is -0.727. The number of nitrogens with one attached hydrogen (secondary N) is 1. The van der Waals surface area contributed by atoms with E-state index in [0.29, 0.717) is 25.9 Å². The minimum Gasteiger partial charge on any atom is -0.392 e. The topological polar surface area (TPSA) is 72.9 Å². The average molecular weight is 282 g/mol. The Balaban J connectivity index is 2.56. The van der Waals surface area contributed by atoms with E-state index in [0.717, 1.165) is 5.56 Å². The zero-order chi connectivity index (χ0) is 14.5. The van der Waals surface area contributed by atoms with Gasteiger partial charge in [-0.2, -0.15) is 5.10 Å². The summed E-state index contributed by atoms with van der Waals surface area (Å²) in [5, 5.41) is 7.06. The molecule has 1 rings (SSSR count). The molecule has 0 aliphatic rings. The number of rotatable bonds is 7. The van der Waals surface area contributed by atoms with Crippen molar-refractivity contribution in [2.75, 3.05) is 6.54 Å². The highest BCUT2D eigenvalue weighted by molar-refractivity contribution is 7.80. The molecule has 0 aliphatic heterocycles. The second kappa shape index (κ2) is 6.65. The van der Waals surface area contributed by atoms with Crippen LogP contribution in [-0.2, 0) is 11.3 Å². The Morgan fingerprint density at radius 3 is 2.58 bits per heavy atom. The van der Waals surface area contributed by atoms with Crippen molar-refractivity contribution in [2.24, 2.45) is 11.1 Å². The van der Waals surface area contributed by atoms with Gasteiger partial charge in [-0.25, -0.2) is 0 Å². The van der Waals surface area contributed by atoms with Crippen molar-refractivity contribution in [1.82, 2.24) is 15.1 Å². The summed E-state index contributed by atoms with van der Waals surface area (Å²) in [5.74, 6) is -0.0890. The first-order valence-corrected chi connectivity index (χ1v) is 6.94. The number of aryl methyl sites for hydroxylation is 1. The van der Waals surface area contributed by atoms with Gasteiger partial charge in [-0.1, -0.05) is 26.1 Å². The van der Waals surface area contributed by atoms with E-state index < -0.39 is 5.41 Å². The maximum Gasteiger partial charge on any atom is 0.233 e. The van der Waals surface area contributed by atoms with E-state index >= 15 is 0 Å². The standard InChI is InChI=1S/C13H22N4OS/c1-4-13(5-2,11(14)19)12(18)15-6-7-17-9-10(3)8-16-17/h8-9H,4-7H2,1-3H3,(H2,14,19)(H,15,18). The summed E-state index contributed by atoms with van der Waals surface area (Å²) in [7, 11) is 0. The fourth-order valence-corrected chi connectivity index (χ4v) is 2.46. The predicted octanol–water partition coefficient (Wildman–Crippen LogP) is 1.40. The van der Waals surface area contributed by atoms with Crippen LogP contribution >= 0.6 is 12.2 Å². The quantitative estimate of drug-likeness (QED) is 0.742. The molecule has 0 bridgehead atoms. The fraction of sp³-hybridized carbons (Fsp3) is 0.615. The van der Waals surface area contributed by atoms with Crippen molar-refractivity contribution in [2.45, 2.75) is 40.2 Å². The molecule has 1 aromatic heterocycles. The van der Waals surface area contributed by atoms with E-state index in [4.69, 9.17) is 18.0 Å². The van der Waals surface area contributed by atoms with Gasteiger partial charge in [0.1, 0.15) is 0 Å². The lowest BCUT2D eigenvalue weighted by molar-refractivity contribution is -0.127. The molecule has 0 unspecified atom stereocenters. The lowest BCUT2D eigenvalue weighted by Gasteiger charge is -2.28. The third-order valence-corrected chi connectivity index (χ3v) is 3.89. The Morgan fingerprint density at radius 1 is 1.53 bits per heavy atom. The number of nitrogens with zero attached hydrogens (tertiary/aromatic N) is 2. The van der Waals surface area contributed by atoms with Gasteiger partial charge in [0, 0.05) is 12.7 Å². The highest BCUT2D eigenvalue weighted by Gasteiger charge is 2.37. The number of nitrogens with two attached hydrogens (primary N) is 1. The predicted molar refractivity (Wildman–Crippen MR) is 79.8 cm³/mol. The number of thiocarbonyl (C=S) groups is 1. The van der Waals surface area contributed by atoms with Crippen molar-refractivity contribution >= 4 is 23.1 Å². The molecule has 5 nitrogen and oxygen atoms in total. The van der Waals surface area contributed by atoms with Crippen LogP contribution in [0.3, 0.4) is 0 Å². The smallest absolute Gasteiger partial charge is 0.233 e. The van der Waals surface area contributed by atoms with Gasteiger partial charge in [-0.15, -0.1) is 0 Å². The van der Waals surface area contributed by atoms with Gasteiger partial charge < -0.3 is 11.1 Å². The van der Waals surface area contributed by atoms with Gasteiger partial charge in [0.25, 0.3) is 0 Å². The third kappa shape index (κ3) is 3.53. The molecule has 0 fully saturated rings. The molecule has 0 spiro atoms. The first-order valence-electron chi connectivity index (χ1n) is 6.53. The normalized spacial score (nSPS) is 11.3. The van der Waals surface area contributed by atoms with Gasteiger partial charge in [0.2, 0.25) is 5.91 Å². The van der Waals surface area contributed by atoms with E-state index in [-0.39, 0.29) is 10.9 Å². The Kier molecular flexibility index (Phi) is 5.47. The van der Waals surface area contributed by atoms with Crippen LogP contribution in [0.25, 0.3) is 0 Å². The molecule has 0 atom stereocenters. The van der Waals surface area contributed by atoms with Crippen molar-refractivity contribution in [3.63, 3.8) is 0 Å². The summed E-state index contributed by atoms with van der Waals surface area (Å²) < 4.78 is 1.80. The van der Waals surface area contributed by atoms with Gasteiger partial charge in [0.15, 0.2) is 0 Å². The molecule has 0 saturated heterocycles. The molecule has 0 aliphatic carbocycles. The monoisotopic (exact) mass is 282 g/mol. The van der Waals surface area contributed by atoms with Crippen LogP contribution in [0.4, 0.5) is 0 Å². The van der Waals surface area contributed by atoms with Crippen molar-refractivity contribution in [3.8, 4) is 0 Å². The summed E-state index contributed by atoms with van der Waals surface area (Å²) in [6.07, 6.45) is 4.96. The Bertz CT molecular complexity index is 451. The number of aromatic nitrogens is 2. The molecule has 6 heteroatoms. The van der Waals surface area contributed by atoms with Crippen LogP contribution in [0.5, 0.6) is 0 Å². The molecule has 106 valence electrons. The average Bonchev–Trinajstić information content (AvgIpc) is 2.77. The number of carbonyl (C=O) groups is 1. The SMILES string of the molecule is CCC(CC)(C(=O)NCCn1cc(C)cn1)C(N)=S. The van der Waals surface area contributed by atoms with E-state index in [1.54, 1.807) is 10.9 Å². The second-order valence-corrected chi connectivity index (χ2v) is 5.13. The molecule has 0 saturated carbocycles. The summed E-state index contributed by atoms with van der Waals surface area (Å²) >= 11 is 5.05. The van der Waals surface area contributed by atoms with Crippen LogP contribution in [-0.4, -0.2) is 27.2 Å². The zero-order valence-corrected chi connectivity index (χ0v) is 12.6. The number of amides is 1. The highest BCUT2D eigenvalue weighted by Crippen LogP contribution is 2.26. The molecule has 0 aromatic carbocycles. The second-order valence-electron chi connectivity index (χ2n) is 4.69. The molecule has 19 heavy (non-hydrogen) atoms. The molecule has 3 N–H and O–H groups in total. The lowest BCUT2D eigenvalue weighted by atomic mass is 9.81. The molecule has 0 radical (unpaired) electrons. The van der Waals surface area contributed by atoms with Gasteiger partial charge in [-0.05, 0) is 25.3 Å². The van der Waals surface area contributed by atoms with E-state index in [1.807, 2.05) is 27.0 Å². The molecule has 1 aromatic rings. The number of hydrogen-bond acceptors (Lipinski definition) is 3. The minimum absolute atomic E-state index is 0.0890. The zero-order valence-electron chi connectivity index (χ0n) is 11.8. The Hall–Kier alpha value is -1.43. The van der Waals surface area contributed by atoms with Crippen LogP contribution in [0.2, 0.25) is 0 Å². The number of hydrogen-bond donors (Lipinski definition) is 2.